The Morgan fingerprint density at radius 3 is 2.71 bits per heavy atom. The van der Waals surface area contributed by atoms with Gasteiger partial charge in [0.05, 0.1) is 23.6 Å². The summed E-state index contributed by atoms with van der Waals surface area (Å²) in [6.45, 7) is 6.69. The first-order valence-electron chi connectivity index (χ1n) is 7.64. The molecule has 0 bridgehead atoms. The second kappa shape index (κ2) is 8.54. The van der Waals surface area contributed by atoms with Gasteiger partial charge in [0.1, 0.15) is 0 Å². The van der Waals surface area contributed by atoms with E-state index in [2.05, 4.69) is 29.5 Å². The molecule has 1 heterocycles. The average molecular weight is 288 g/mol. The smallest absolute Gasteiger partial charge is 0.0816 e. The Morgan fingerprint density at radius 2 is 2.00 bits per heavy atom. The molecule has 5 nitrogen and oxygen atoms in total. The Kier molecular flexibility index (Phi) is 6.37. The molecule has 21 heavy (non-hydrogen) atoms. The molecule has 0 spiro atoms. The van der Waals surface area contributed by atoms with Crippen LogP contribution >= 0.6 is 0 Å². The van der Waals surface area contributed by atoms with Crippen LogP contribution < -0.4 is 5.32 Å². The highest BCUT2D eigenvalue weighted by atomic mass is 16.5. The third-order valence-electron chi connectivity index (χ3n) is 3.28. The van der Waals surface area contributed by atoms with E-state index in [1.807, 2.05) is 41.2 Å². The summed E-state index contributed by atoms with van der Waals surface area (Å²) in [6, 6.07) is 10.3. The van der Waals surface area contributed by atoms with Crippen LogP contribution in [-0.4, -0.2) is 34.8 Å². The van der Waals surface area contributed by atoms with E-state index in [9.17, 15) is 0 Å². The highest BCUT2D eigenvalue weighted by Crippen LogP contribution is 2.19. The van der Waals surface area contributed by atoms with Crippen LogP contribution in [0.4, 0.5) is 0 Å². The molecule has 0 aliphatic heterocycles. The van der Waals surface area contributed by atoms with Crippen LogP contribution in [0.3, 0.4) is 0 Å². The number of nitrogens with one attached hydrogen (secondary N) is 1. The van der Waals surface area contributed by atoms with Gasteiger partial charge in [0.15, 0.2) is 0 Å². The summed E-state index contributed by atoms with van der Waals surface area (Å²) in [5.74, 6) is 0. The third kappa shape index (κ3) is 4.37. The van der Waals surface area contributed by atoms with E-state index < -0.39 is 0 Å². The van der Waals surface area contributed by atoms with Crippen molar-refractivity contribution in [1.29, 1.82) is 0 Å². The number of rotatable bonds is 9. The van der Waals surface area contributed by atoms with E-state index in [1.165, 1.54) is 0 Å². The fraction of sp³-hybridized carbons (Fsp3) is 0.500. The molecule has 2 rings (SSSR count). The summed E-state index contributed by atoms with van der Waals surface area (Å²) >= 11 is 0. The van der Waals surface area contributed by atoms with Crippen LogP contribution in [0.2, 0.25) is 0 Å². The molecule has 1 unspecified atom stereocenters. The molecular weight excluding hydrogens is 264 g/mol. The molecule has 114 valence electrons. The molecule has 2 aromatic rings. The van der Waals surface area contributed by atoms with Gasteiger partial charge in [-0.25, -0.2) is 4.68 Å². The lowest BCUT2D eigenvalue weighted by atomic mass is 10.1. The van der Waals surface area contributed by atoms with Crippen LogP contribution in [0.5, 0.6) is 0 Å². The lowest BCUT2D eigenvalue weighted by Crippen LogP contribution is -2.25. The lowest BCUT2D eigenvalue weighted by molar-refractivity contribution is 0.124. The van der Waals surface area contributed by atoms with E-state index in [-0.39, 0.29) is 6.04 Å². The van der Waals surface area contributed by atoms with Crippen molar-refractivity contribution in [2.75, 3.05) is 19.8 Å². The van der Waals surface area contributed by atoms with Crippen molar-refractivity contribution < 1.29 is 4.74 Å². The molecule has 1 atom stereocenters. The third-order valence-corrected chi connectivity index (χ3v) is 3.28. The minimum absolute atomic E-state index is 0.196. The van der Waals surface area contributed by atoms with E-state index >= 15 is 0 Å². The van der Waals surface area contributed by atoms with Crippen molar-refractivity contribution in [2.45, 2.75) is 32.7 Å². The van der Waals surface area contributed by atoms with Crippen LogP contribution in [0.25, 0.3) is 5.69 Å². The molecular formula is C16H24N4O. The molecule has 0 fully saturated rings. The zero-order valence-corrected chi connectivity index (χ0v) is 12.8. The fourth-order valence-electron chi connectivity index (χ4n) is 2.30. The maximum atomic E-state index is 5.61. The van der Waals surface area contributed by atoms with Crippen molar-refractivity contribution in [3.05, 3.63) is 42.2 Å². The van der Waals surface area contributed by atoms with Gasteiger partial charge >= 0.3 is 0 Å². The maximum Gasteiger partial charge on any atom is 0.0816 e. The summed E-state index contributed by atoms with van der Waals surface area (Å²) in [6.07, 6.45) is 3.80. The first-order valence-corrected chi connectivity index (χ1v) is 7.64. The van der Waals surface area contributed by atoms with Gasteiger partial charge in [-0.2, -0.15) is 0 Å². The number of nitrogens with zero attached hydrogens (tertiary/aromatic N) is 3. The zero-order valence-electron chi connectivity index (χ0n) is 12.8. The molecule has 5 heteroatoms. The number of hydrogen-bond donors (Lipinski definition) is 1. The van der Waals surface area contributed by atoms with Gasteiger partial charge in [0, 0.05) is 13.2 Å². The van der Waals surface area contributed by atoms with Crippen molar-refractivity contribution in [3.63, 3.8) is 0 Å². The summed E-state index contributed by atoms with van der Waals surface area (Å²) in [5, 5.41) is 11.8. The molecule has 0 aliphatic rings. The molecule has 1 N–H and O–H groups in total. The second-order valence-electron chi connectivity index (χ2n) is 4.92. The minimum atomic E-state index is 0.196. The quantitative estimate of drug-likeness (QED) is 0.721. The Morgan fingerprint density at radius 1 is 1.19 bits per heavy atom. The number of benzene rings is 1. The molecule has 1 aromatic heterocycles. The summed E-state index contributed by atoms with van der Waals surface area (Å²) < 4.78 is 7.51. The van der Waals surface area contributed by atoms with Gasteiger partial charge in [-0.1, -0.05) is 37.3 Å². The standard InChI is InChI=1S/C16H24N4O/c1-3-11-21-12-10-15(17-4-2)16-13-18-19-20(16)14-8-6-5-7-9-14/h5-9,13,15,17H,3-4,10-12H2,1-2H3. The number of para-hydroxylation sites is 1. The molecule has 1 aromatic carbocycles. The van der Waals surface area contributed by atoms with Crippen molar-refractivity contribution >= 4 is 0 Å². The SMILES string of the molecule is CCCOCCC(NCC)c1cnnn1-c1ccccc1. The first-order chi connectivity index (χ1) is 10.4. The summed E-state index contributed by atoms with van der Waals surface area (Å²) in [5.41, 5.74) is 2.10. The largest absolute Gasteiger partial charge is 0.381 e. The van der Waals surface area contributed by atoms with Gasteiger partial charge in [0.25, 0.3) is 0 Å². The molecule has 0 amide bonds. The maximum absolute atomic E-state index is 5.61. The van der Waals surface area contributed by atoms with Gasteiger partial charge in [0.2, 0.25) is 0 Å². The lowest BCUT2D eigenvalue weighted by Gasteiger charge is -2.18. The average Bonchev–Trinajstić information content (AvgIpc) is 3.01. The predicted octanol–water partition coefficient (Wildman–Crippen LogP) is 2.73. The van der Waals surface area contributed by atoms with E-state index in [4.69, 9.17) is 4.74 Å². The van der Waals surface area contributed by atoms with E-state index in [1.54, 1.807) is 0 Å². The Labute approximate surface area is 126 Å². The predicted molar refractivity (Wildman–Crippen MR) is 83.5 cm³/mol. The van der Waals surface area contributed by atoms with Crippen molar-refractivity contribution in [3.8, 4) is 5.69 Å². The van der Waals surface area contributed by atoms with Gasteiger partial charge in [-0.15, -0.1) is 5.10 Å². The zero-order chi connectivity index (χ0) is 14.9. The summed E-state index contributed by atoms with van der Waals surface area (Å²) in [7, 11) is 0. The number of ether oxygens (including phenoxy) is 1. The Bertz CT molecular complexity index is 512. The number of aromatic nitrogens is 3. The Balaban J connectivity index is 2.11. The van der Waals surface area contributed by atoms with Gasteiger partial charge in [-0.3, -0.25) is 0 Å². The molecule has 0 radical (unpaired) electrons. The Hall–Kier alpha value is -1.72. The highest BCUT2D eigenvalue weighted by Gasteiger charge is 2.17. The van der Waals surface area contributed by atoms with Crippen LogP contribution in [-0.2, 0) is 4.74 Å². The van der Waals surface area contributed by atoms with Crippen LogP contribution in [0.1, 0.15) is 38.4 Å². The normalized spacial score (nSPS) is 12.5. The topological polar surface area (TPSA) is 52.0 Å². The van der Waals surface area contributed by atoms with Gasteiger partial charge in [-0.05, 0) is 31.5 Å². The van der Waals surface area contributed by atoms with E-state index in [0.717, 1.165) is 44.0 Å². The minimum Gasteiger partial charge on any atom is -0.381 e. The molecule has 0 saturated heterocycles. The van der Waals surface area contributed by atoms with Crippen molar-refractivity contribution in [2.24, 2.45) is 0 Å². The monoisotopic (exact) mass is 288 g/mol. The molecule has 0 aliphatic carbocycles. The molecule has 0 saturated carbocycles. The van der Waals surface area contributed by atoms with E-state index in [0.29, 0.717) is 0 Å². The second-order valence-corrected chi connectivity index (χ2v) is 4.92. The highest BCUT2D eigenvalue weighted by molar-refractivity contribution is 5.32. The first kappa shape index (κ1) is 15.7. The summed E-state index contributed by atoms with van der Waals surface area (Å²) in [4.78, 5) is 0. The van der Waals surface area contributed by atoms with Gasteiger partial charge < -0.3 is 10.1 Å². The van der Waals surface area contributed by atoms with Crippen molar-refractivity contribution in [1.82, 2.24) is 20.3 Å². The fourth-order valence-corrected chi connectivity index (χ4v) is 2.30. The number of hydrogen-bond acceptors (Lipinski definition) is 4. The van der Waals surface area contributed by atoms with Crippen LogP contribution in [0.15, 0.2) is 36.5 Å². The van der Waals surface area contributed by atoms with Crippen LogP contribution in [0, 0.1) is 0 Å².